The highest BCUT2D eigenvalue weighted by Crippen LogP contribution is 2.25. The van der Waals surface area contributed by atoms with Gasteiger partial charge in [0.25, 0.3) is 0 Å². The number of nitrogens with zero attached hydrogens (tertiary/aromatic N) is 3. The van der Waals surface area contributed by atoms with Crippen molar-refractivity contribution in [1.29, 1.82) is 0 Å². The summed E-state index contributed by atoms with van der Waals surface area (Å²) in [6, 6.07) is 10.5. The second-order valence-corrected chi connectivity index (χ2v) is 9.22. The molecule has 0 unspecified atom stereocenters. The van der Waals surface area contributed by atoms with Gasteiger partial charge in [0.15, 0.2) is 15.7 Å². The van der Waals surface area contributed by atoms with Crippen molar-refractivity contribution in [3.05, 3.63) is 48.3 Å². The van der Waals surface area contributed by atoms with Crippen molar-refractivity contribution < 1.29 is 13.2 Å². The van der Waals surface area contributed by atoms with Crippen LogP contribution in [-0.2, 0) is 14.6 Å². The van der Waals surface area contributed by atoms with Crippen LogP contribution in [0.3, 0.4) is 0 Å². The minimum absolute atomic E-state index is 0.226. The molecule has 1 aromatic carbocycles. The number of anilines is 1. The Morgan fingerprint density at radius 2 is 1.90 bits per heavy atom. The fourth-order valence-electron chi connectivity index (χ4n) is 3.18. The lowest BCUT2D eigenvalue weighted by Crippen LogP contribution is -2.22. The summed E-state index contributed by atoms with van der Waals surface area (Å²) in [6.07, 6.45) is 3.05. The lowest BCUT2D eigenvalue weighted by Gasteiger charge is -2.13. The Morgan fingerprint density at radius 3 is 2.55 bits per heavy atom. The molecule has 1 N–H and O–H groups in total. The van der Waals surface area contributed by atoms with E-state index in [4.69, 9.17) is 0 Å². The molecule has 0 aliphatic carbocycles. The van der Waals surface area contributed by atoms with Gasteiger partial charge in [0.1, 0.15) is 11.3 Å². The SMILES string of the molecule is CCN(CC)CC#Cc1c(NC(C)=O)nc2ccc(-c3cccc(S(C)(=O)=O)c3)cn12. The first-order valence-electron chi connectivity index (χ1n) is 10.0. The number of pyridine rings is 1. The van der Waals surface area contributed by atoms with Gasteiger partial charge < -0.3 is 5.32 Å². The van der Waals surface area contributed by atoms with Gasteiger partial charge in [-0.1, -0.05) is 31.9 Å². The van der Waals surface area contributed by atoms with Crippen LogP contribution in [0.25, 0.3) is 16.8 Å². The Morgan fingerprint density at radius 1 is 1.16 bits per heavy atom. The third-order valence-corrected chi connectivity index (χ3v) is 6.02. The Bertz CT molecular complexity index is 1280. The summed E-state index contributed by atoms with van der Waals surface area (Å²) in [6.45, 7) is 8.00. The third kappa shape index (κ3) is 5.32. The predicted molar refractivity (Wildman–Crippen MR) is 123 cm³/mol. The molecule has 8 heteroatoms. The fraction of sp³-hybridized carbons (Fsp3) is 0.304. The summed E-state index contributed by atoms with van der Waals surface area (Å²) < 4.78 is 25.7. The number of aromatic nitrogens is 2. The van der Waals surface area contributed by atoms with Crippen molar-refractivity contribution in [3.8, 4) is 23.0 Å². The van der Waals surface area contributed by atoms with Crippen molar-refractivity contribution in [2.75, 3.05) is 31.2 Å². The molecule has 3 aromatic rings. The molecule has 2 aromatic heterocycles. The number of carbonyl (C=O) groups is 1. The maximum atomic E-state index is 11.9. The van der Waals surface area contributed by atoms with E-state index in [1.54, 1.807) is 18.2 Å². The van der Waals surface area contributed by atoms with E-state index in [9.17, 15) is 13.2 Å². The number of nitrogens with one attached hydrogen (secondary N) is 1. The third-order valence-electron chi connectivity index (χ3n) is 4.91. The molecule has 0 atom stereocenters. The molecule has 0 radical (unpaired) electrons. The normalized spacial score (nSPS) is 11.4. The highest BCUT2D eigenvalue weighted by Gasteiger charge is 2.14. The quantitative estimate of drug-likeness (QED) is 0.598. The van der Waals surface area contributed by atoms with Crippen LogP contribution in [0.2, 0.25) is 0 Å². The molecule has 0 saturated heterocycles. The molecule has 31 heavy (non-hydrogen) atoms. The Hall–Kier alpha value is -3.15. The summed E-state index contributed by atoms with van der Waals surface area (Å²) in [5.41, 5.74) is 2.80. The molecule has 0 saturated carbocycles. The van der Waals surface area contributed by atoms with Gasteiger partial charge in [-0.2, -0.15) is 0 Å². The molecule has 1 amide bonds. The Kier molecular flexibility index (Phi) is 6.78. The van der Waals surface area contributed by atoms with E-state index in [1.807, 2.05) is 28.8 Å². The second kappa shape index (κ2) is 9.33. The van der Waals surface area contributed by atoms with Crippen molar-refractivity contribution >= 4 is 27.2 Å². The van der Waals surface area contributed by atoms with E-state index in [0.717, 1.165) is 24.2 Å². The number of imidazole rings is 1. The monoisotopic (exact) mass is 438 g/mol. The van der Waals surface area contributed by atoms with Gasteiger partial charge in [-0.15, -0.1) is 0 Å². The number of amides is 1. The van der Waals surface area contributed by atoms with Gasteiger partial charge in [0.05, 0.1) is 11.4 Å². The Balaban J connectivity index is 2.11. The van der Waals surface area contributed by atoms with Crippen LogP contribution in [0.15, 0.2) is 47.5 Å². The minimum Gasteiger partial charge on any atom is -0.309 e. The fourth-order valence-corrected chi connectivity index (χ4v) is 3.84. The lowest BCUT2D eigenvalue weighted by molar-refractivity contribution is -0.114. The molecule has 0 spiro atoms. The zero-order valence-electron chi connectivity index (χ0n) is 18.1. The van der Waals surface area contributed by atoms with Crippen molar-refractivity contribution in [3.63, 3.8) is 0 Å². The summed E-state index contributed by atoms with van der Waals surface area (Å²) in [7, 11) is -3.31. The molecule has 2 heterocycles. The smallest absolute Gasteiger partial charge is 0.222 e. The molecule has 0 aliphatic heterocycles. The van der Waals surface area contributed by atoms with Crippen molar-refractivity contribution in [1.82, 2.24) is 14.3 Å². The number of fused-ring (bicyclic) bond motifs is 1. The molecule has 0 fully saturated rings. The topological polar surface area (TPSA) is 83.8 Å². The highest BCUT2D eigenvalue weighted by molar-refractivity contribution is 7.90. The van der Waals surface area contributed by atoms with E-state index in [0.29, 0.717) is 23.7 Å². The summed E-state index contributed by atoms with van der Waals surface area (Å²) in [5, 5.41) is 2.75. The molecule has 0 bridgehead atoms. The number of hydrogen-bond donors (Lipinski definition) is 1. The average molecular weight is 439 g/mol. The highest BCUT2D eigenvalue weighted by atomic mass is 32.2. The maximum absolute atomic E-state index is 11.9. The second-order valence-electron chi connectivity index (χ2n) is 7.20. The van der Waals surface area contributed by atoms with Crippen LogP contribution in [-0.4, -0.2) is 54.5 Å². The first-order valence-corrected chi connectivity index (χ1v) is 11.9. The number of carbonyl (C=O) groups excluding carboxylic acids is 1. The standard InChI is InChI=1S/C23H26N4O3S/c1-5-26(6-2)14-8-11-21-23(24-17(3)28)25-22-13-12-19(16-27(21)22)18-9-7-10-20(15-18)31(4,29)30/h7,9-10,12-13,15-16H,5-6,14H2,1-4H3,(H,24,28). The molecular weight excluding hydrogens is 412 g/mol. The zero-order chi connectivity index (χ0) is 22.6. The van der Waals surface area contributed by atoms with Crippen LogP contribution in [0.1, 0.15) is 26.5 Å². The van der Waals surface area contributed by atoms with Crippen molar-refractivity contribution in [2.45, 2.75) is 25.7 Å². The van der Waals surface area contributed by atoms with Crippen LogP contribution in [0.4, 0.5) is 5.82 Å². The van der Waals surface area contributed by atoms with E-state index in [1.165, 1.54) is 13.2 Å². The average Bonchev–Trinajstić information content (AvgIpc) is 3.06. The summed E-state index contributed by atoms with van der Waals surface area (Å²) in [5.74, 6) is 6.50. The van der Waals surface area contributed by atoms with E-state index in [-0.39, 0.29) is 10.8 Å². The summed E-state index contributed by atoms with van der Waals surface area (Å²) in [4.78, 5) is 18.6. The first-order chi connectivity index (χ1) is 14.7. The minimum atomic E-state index is -3.31. The largest absolute Gasteiger partial charge is 0.309 e. The first kappa shape index (κ1) is 22.5. The van der Waals surface area contributed by atoms with Gasteiger partial charge in [0.2, 0.25) is 5.91 Å². The van der Waals surface area contributed by atoms with Gasteiger partial charge >= 0.3 is 0 Å². The maximum Gasteiger partial charge on any atom is 0.222 e. The number of rotatable bonds is 6. The van der Waals surface area contributed by atoms with E-state index in [2.05, 4.69) is 40.9 Å². The molecule has 3 rings (SSSR count). The van der Waals surface area contributed by atoms with Gasteiger partial charge in [0, 0.05) is 19.4 Å². The van der Waals surface area contributed by atoms with Gasteiger partial charge in [-0.3, -0.25) is 14.1 Å². The lowest BCUT2D eigenvalue weighted by atomic mass is 10.1. The van der Waals surface area contributed by atoms with E-state index >= 15 is 0 Å². The number of sulfone groups is 1. The van der Waals surface area contributed by atoms with Crippen LogP contribution in [0, 0.1) is 11.8 Å². The zero-order valence-corrected chi connectivity index (χ0v) is 19.0. The van der Waals surface area contributed by atoms with Gasteiger partial charge in [-0.05, 0) is 54.4 Å². The molecule has 162 valence electrons. The molecule has 7 nitrogen and oxygen atoms in total. The van der Waals surface area contributed by atoms with E-state index < -0.39 is 9.84 Å². The van der Waals surface area contributed by atoms with Crippen LogP contribution >= 0.6 is 0 Å². The van der Waals surface area contributed by atoms with Crippen LogP contribution in [0.5, 0.6) is 0 Å². The summed E-state index contributed by atoms with van der Waals surface area (Å²) >= 11 is 0. The van der Waals surface area contributed by atoms with Gasteiger partial charge in [-0.25, -0.2) is 13.4 Å². The molecular formula is C23H26N4O3S. The Labute approximate surface area is 183 Å². The van der Waals surface area contributed by atoms with Crippen LogP contribution < -0.4 is 5.32 Å². The van der Waals surface area contributed by atoms with Crippen molar-refractivity contribution in [2.24, 2.45) is 0 Å². The number of hydrogen-bond acceptors (Lipinski definition) is 5. The molecule has 0 aliphatic rings. The predicted octanol–water partition coefficient (Wildman–Crippen LogP) is 3.06. The number of benzene rings is 1.